The zero-order valence-electron chi connectivity index (χ0n) is 36.6. The van der Waals surface area contributed by atoms with Crippen LogP contribution < -0.4 is 9.64 Å². The van der Waals surface area contributed by atoms with E-state index in [0.717, 1.165) is 56.3 Å². The fourth-order valence-electron chi connectivity index (χ4n) is 10.2. The van der Waals surface area contributed by atoms with Crippen LogP contribution in [-0.2, 0) is 0 Å². The normalized spacial score (nSPS) is 11.7. The molecule has 2 heterocycles. The highest BCUT2D eigenvalue weighted by atomic mass is 16.5. The van der Waals surface area contributed by atoms with Gasteiger partial charge in [0.2, 0.25) is 0 Å². The van der Waals surface area contributed by atoms with Gasteiger partial charge < -0.3 is 14.2 Å². The molecule has 13 rings (SSSR count). The van der Waals surface area contributed by atoms with Gasteiger partial charge in [-0.1, -0.05) is 182 Å². The van der Waals surface area contributed by atoms with Crippen molar-refractivity contribution in [2.45, 2.75) is 0 Å². The van der Waals surface area contributed by atoms with Crippen molar-refractivity contribution in [2.75, 3.05) is 4.90 Å². The molecule has 1 aliphatic heterocycles. The zero-order chi connectivity index (χ0) is 44.3. The van der Waals surface area contributed by atoms with Crippen LogP contribution in [0.25, 0.3) is 93.9 Å². The van der Waals surface area contributed by atoms with Crippen LogP contribution in [0.15, 0.2) is 255 Å². The maximum Gasteiger partial charge on any atom is 0.135 e. The molecule has 0 amide bonds. The van der Waals surface area contributed by atoms with Crippen LogP contribution in [-0.4, -0.2) is 4.57 Å². The Morgan fingerprint density at radius 1 is 0.284 bits per heavy atom. The maximum atomic E-state index is 6.43. The van der Waals surface area contributed by atoms with Crippen molar-refractivity contribution in [2.24, 2.45) is 0 Å². The minimum absolute atomic E-state index is 0.898. The summed E-state index contributed by atoms with van der Waals surface area (Å²) in [6.45, 7) is 0. The van der Waals surface area contributed by atoms with E-state index in [2.05, 4.69) is 252 Å². The molecule has 0 atom stereocenters. The lowest BCUT2D eigenvalue weighted by atomic mass is 9.90. The Morgan fingerprint density at radius 3 is 1.43 bits per heavy atom. The number of fused-ring (bicyclic) bond motifs is 5. The number of benzene rings is 11. The number of anilines is 3. The molecule has 11 aromatic carbocycles. The van der Waals surface area contributed by atoms with Crippen LogP contribution in [0.2, 0.25) is 0 Å². The first-order valence-electron chi connectivity index (χ1n) is 22.9. The summed E-state index contributed by atoms with van der Waals surface area (Å²) in [5, 5.41) is 4.82. The Labute approximate surface area is 389 Å². The van der Waals surface area contributed by atoms with E-state index in [0.29, 0.717) is 0 Å². The van der Waals surface area contributed by atoms with Crippen LogP contribution in [0, 0.1) is 0 Å². The Balaban J connectivity index is 0.875. The molecule has 0 N–H and O–H groups in total. The van der Waals surface area contributed by atoms with Crippen molar-refractivity contribution in [1.82, 2.24) is 4.57 Å². The van der Waals surface area contributed by atoms with Gasteiger partial charge >= 0.3 is 0 Å². The van der Waals surface area contributed by atoms with Gasteiger partial charge in [-0.2, -0.15) is 0 Å². The van der Waals surface area contributed by atoms with E-state index in [4.69, 9.17) is 4.74 Å². The molecule has 1 aliphatic rings. The Bertz CT molecular complexity index is 3780. The summed E-state index contributed by atoms with van der Waals surface area (Å²) in [7, 11) is 0. The number of nitrogens with zero attached hydrogens (tertiary/aromatic N) is 2. The van der Waals surface area contributed by atoms with Gasteiger partial charge in [0.1, 0.15) is 11.5 Å². The van der Waals surface area contributed by atoms with E-state index in [1.54, 1.807) is 0 Å². The van der Waals surface area contributed by atoms with Gasteiger partial charge in [-0.25, -0.2) is 0 Å². The third kappa shape index (κ3) is 6.67. The fraction of sp³-hybridized carbons (Fsp3) is 0. The molecule has 1 aromatic heterocycles. The van der Waals surface area contributed by atoms with Gasteiger partial charge in [0.25, 0.3) is 0 Å². The Kier molecular flexibility index (Phi) is 9.17. The average Bonchev–Trinajstić information content (AvgIpc) is 3.74. The quantitative estimate of drug-likeness (QED) is 0.151. The molecular weight excluding hydrogens is 813 g/mol. The molecule has 3 heteroatoms. The van der Waals surface area contributed by atoms with Gasteiger partial charge in [0.05, 0.1) is 11.0 Å². The fourth-order valence-corrected chi connectivity index (χ4v) is 10.2. The molecule has 0 fully saturated rings. The Morgan fingerprint density at radius 2 is 0.761 bits per heavy atom. The number of rotatable bonds is 8. The molecule has 0 spiro atoms. The smallest absolute Gasteiger partial charge is 0.135 e. The van der Waals surface area contributed by atoms with Crippen LogP contribution in [0.4, 0.5) is 17.1 Å². The first kappa shape index (κ1) is 38.5. The summed E-state index contributed by atoms with van der Waals surface area (Å²) in [6, 6.07) is 91.8. The van der Waals surface area contributed by atoms with Gasteiger partial charge in [-0.3, -0.25) is 0 Å². The van der Waals surface area contributed by atoms with Crippen molar-refractivity contribution in [3.63, 3.8) is 0 Å². The predicted molar refractivity (Wildman–Crippen MR) is 280 cm³/mol. The number of aromatic nitrogens is 1. The van der Waals surface area contributed by atoms with Gasteiger partial charge in [-0.05, 0) is 128 Å². The van der Waals surface area contributed by atoms with Crippen molar-refractivity contribution >= 4 is 49.6 Å². The molecule has 0 radical (unpaired) electrons. The Hall–Kier alpha value is -8.92. The van der Waals surface area contributed by atoms with Crippen LogP contribution in [0.5, 0.6) is 11.5 Å². The number of para-hydroxylation sites is 2. The lowest BCUT2D eigenvalue weighted by Crippen LogP contribution is -2.09. The van der Waals surface area contributed by atoms with Crippen molar-refractivity contribution < 1.29 is 4.74 Å². The SMILES string of the molecule is c1ccc(-c2ccc(N(c3ccc(-c4ccc5c6ccccc6n(-c6ccc(-c7ccccc7)cc6)c5c4)cc3)c3ccc(-c4ccc5c6c(cccc46)Oc4ccccc4-5)cc3)cc2)cc1. The highest BCUT2D eigenvalue weighted by Gasteiger charge is 2.22. The van der Waals surface area contributed by atoms with E-state index >= 15 is 0 Å². The molecule has 67 heavy (non-hydrogen) atoms. The molecule has 0 bridgehead atoms. The third-order valence-electron chi connectivity index (χ3n) is 13.4. The first-order chi connectivity index (χ1) is 33.2. The molecule has 3 nitrogen and oxygen atoms in total. The second-order valence-electron chi connectivity index (χ2n) is 17.3. The maximum absolute atomic E-state index is 6.43. The second kappa shape index (κ2) is 16.0. The predicted octanol–water partition coefficient (Wildman–Crippen LogP) is 17.8. The summed E-state index contributed by atoms with van der Waals surface area (Å²) in [6.07, 6.45) is 0. The lowest BCUT2D eigenvalue weighted by molar-refractivity contribution is 0.487. The van der Waals surface area contributed by atoms with Gasteiger partial charge in [-0.15, -0.1) is 0 Å². The number of hydrogen-bond donors (Lipinski definition) is 0. The van der Waals surface area contributed by atoms with E-state index < -0.39 is 0 Å². The standard InChI is InChI=1S/C64H42N2O/c1-3-12-43(13-4-1)45-22-31-50(32-23-45)65(52-37-28-48(29-38-52)54-40-41-59-57-17-8-10-20-62(57)67-63-21-11-18-58(54)64(59)63)51-33-26-47(27-34-51)49-30-39-56-55-16-7-9-19-60(55)66(61(56)42-49)53-35-24-46(25-36-53)44-14-5-2-6-15-44/h1-42H. The average molecular weight is 855 g/mol. The second-order valence-corrected chi connectivity index (χ2v) is 17.3. The summed E-state index contributed by atoms with van der Waals surface area (Å²) in [5.41, 5.74) is 18.6. The van der Waals surface area contributed by atoms with Crippen molar-refractivity contribution in [3.05, 3.63) is 255 Å². The molecule has 0 unspecified atom stereocenters. The molecule has 0 saturated heterocycles. The van der Waals surface area contributed by atoms with Crippen molar-refractivity contribution in [1.29, 1.82) is 0 Å². The van der Waals surface area contributed by atoms with Crippen LogP contribution >= 0.6 is 0 Å². The topological polar surface area (TPSA) is 17.4 Å². The minimum Gasteiger partial charge on any atom is -0.456 e. The monoisotopic (exact) mass is 854 g/mol. The van der Waals surface area contributed by atoms with E-state index in [1.807, 2.05) is 12.1 Å². The molecular formula is C64H42N2O. The van der Waals surface area contributed by atoms with Crippen molar-refractivity contribution in [3.8, 4) is 72.8 Å². The summed E-state index contributed by atoms with van der Waals surface area (Å²) in [4.78, 5) is 2.35. The molecule has 0 saturated carbocycles. The highest BCUT2D eigenvalue weighted by molar-refractivity contribution is 6.11. The van der Waals surface area contributed by atoms with Crippen LogP contribution in [0.3, 0.4) is 0 Å². The number of ether oxygens (including phenoxy) is 1. The largest absolute Gasteiger partial charge is 0.456 e. The molecule has 12 aromatic rings. The van der Waals surface area contributed by atoms with E-state index in [9.17, 15) is 0 Å². The zero-order valence-corrected chi connectivity index (χ0v) is 36.6. The van der Waals surface area contributed by atoms with Crippen LogP contribution in [0.1, 0.15) is 0 Å². The summed E-state index contributed by atoms with van der Waals surface area (Å²) < 4.78 is 8.83. The first-order valence-corrected chi connectivity index (χ1v) is 22.9. The van der Waals surface area contributed by atoms with Gasteiger partial charge in [0, 0.05) is 44.5 Å². The summed E-state index contributed by atoms with van der Waals surface area (Å²) in [5.74, 6) is 1.80. The third-order valence-corrected chi connectivity index (χ3v) is 13.4. The highest BCUT2D eigenvalue weighted by Crippen LogP contribution is 2.49. The number of hydrogen-bond acceptors (Lipinski definition) is 2. The van der Waals surface area contributed by atoms with E-state index in [1.165, 1.54) is 66.1 Å². The summed E-state index contributed by atoms with van der Waals surface area (Å²) >= 11 is 0. The molecule has 0 aliphatic carbocycles. The minimum atomic E-state index is 0.898. The molecule has 314 valence electrons. The van der Waals surface area contributed by atoms with Gasteiger partial charge in [0.15, 0.2) is 0 Å². The lowest BCUT2D eigenvalue weighted by Gasteiger charge is -2.26. The van der Waals surface area contributed by atoms with E-state index in [-0.39, 0.29) is 0 Å².